The van der Waals surface area contributed by atoms with E-state index >= 15 is 0 Å². The van der Waals surface area contributed by atoms with Gasteiger partial charge >= 0.3 is 0 Å². The van der Waals surface area contributed by atoms with Gasteiger partial charge in [-0.2, -0.15) is 0 Å². The largest absolute Gasteiger partial charge is 0.495 e. The summed E-state index contributed by atoms with van der Waals surface area (Å²) in [5, 5.41) is 3.06. The van der Waals surface area contributed by atoms with Gasteiger partial charge in [0.25, 0.3) is 10.0 Å². The number of benzene rings is 3. The average molecular weight is 582 g/mol. The molecule has 0 spiro atoms. The number of nitrogens with zero attached hydrogens (tertiary/aromatic N) is 2. The molecule has 2 amide bonds. The summed E-state index contributed by atoms with van der Waals surface area (Å²) < 4.78 is 47.9. The molecule has 1 N–H and O–H groups in total. The Morgan fingerprint density at radius 2 is 1.59 bits per heavy atom. The van der Waals surface area contributed by atoms with E-state index in [1.165, 1.54) is 36.3 Å². The molecule has 10 heteroatoms. The van der Waals surface area contributed by atoms with Crippen LogP contribution in [0.4, 0.5) is 10.1 Å². The first kappa shape index (κ1) is 30.0. The molecule has 8 nitrogen and oxygen atoms in total. The molecule has 0 heterocycles. The van der Waals surface area contributed by atoms with Crippen LogP contribution in [-0.2, 0) is 26.2 Å². The molecule has 0 radical (unpaired) electrons. The Hall–Kier alpha value is -3.92. The fourth-order valence-electron chi connectivity index (χ4n) is 5.01. The molecule has 1 fully saturated rings. The molecule has 41 heavy (non-hydrogen) atoms. The molecule has 4 rings (SSSR count). The minimum Gasteiger partial charge on any atom is -0.495 e. The predicted octanol–water partition coefficient (Wildman–Crippen LogP) is 4.90. The number of nitrogens with one attached hydrogen (secondary N) is 1. The molecule has 3 aromatic carbocycles. The summed E-state index contributed by atoms with van der Waals surface area (Å²) in [6.07, 6.45) is 4.94. The summed E-state index contributed by atoms with van der Waals surface area (Å²) >= 11 is 0. The summed E-state index contributed by atoms with van der Waals surface area (Å²) in [6, 6.07) is 19.1. The molecule has 1 saturated carbocycles. The monoisotopic (exact) mass is 581 g/mol. The smallest absolute Gasteiger partial charge is 0.264 e. The van der Waals surface area contributed by atoms with E-state index in [2.05, 4.69) is 5.32 Å². The van der Waals surface area contributed by atoms with Gasteiger partial charge in [-0.1, -0.05) is 61.7 Å². The molecule has 1 aliphatic carbocycles. The number of anilines is 1. The predicted molar refractivity (Wildman–Crippen MR) is 155 cm³/mol. The van der Waals surface area contributed by atoms with Crippen molar-refractivity contribution in [2.45, 2.75) is 62.6 Å². The Balaban J connectivity index is 1.69. The van der Waals surface area contributed by atoms with Crippen LogP contribution >= 0.6 is 0 Å². The van der Waals surface area contributed by atoms with Crippen molar-refractivity contribution in [2.24, 2.45) is 0 Å². The molecule has 3 aromatic rings. The van der Waals surface area contributed by atoms with E-state index in [1.807, 2.05) is 0 Å². The fraction of sp³-hybridized carbons (Fsp3) is 0.355. The first-order valence-corrected chi connectivity index (χ1v) is 15.2. The topological polar surface area (TPSA) is 96.0 Å². The van der Waals surface area contributed by atoms with Gasteiger partial charge in [-0.05, 0) is 61.7 Å². The Bertz CT molecular complexity index is 1430. The van der Waals surface area contributed by atoms with Crippen LogP contribution in [0.5, 0.6) is 5.75 Å². The normalized spacial score (nSPS) is 14.6. The standard InChI is InChI=1S/C31H36FN3O5S/c1-23(31(37)33-26-11-5-3-6-12-26)34(21-24-17-19-25(32)20-18-24)30(36)22-35(28-15-9-10-16-29(28)40-2)41(38,39)27-13-7-4-8-14-27/h4,7-10,13-20,23,26H,3,5-6,11-12,21-22H2,1-2H3,(H,33,37). The number of sulfonamides is 1. The van der Waals surface area contributed by atoms with Crippen molar-refractivity contribution in [3.05, 3.63) is 90.2 Å². The number of hydrogen-bond acceptors (Lipinski definition) is 5. The third kappa shape index (κ3) is 7.43. The van der Waals surface area contributed by atoms with Crippen molar-refractivity contribution in [3.8, 4) is 5.75 Å². The SMILES string of the molecule is COc1ccccc1N(CC(=O)N(Cc1ccc(F)cc1)C(C)C(=O)NC1CCCCC1)S(=O)(=O)c1ccccc1. The number of carbonyl (C=O) groups is 2. The van der Waals surface area contributed by atoms with Crippen molar-refractivity contribution in [1.29, 1.82) is 0 Å². The Morgan fingerprint density at radius 1 is 0.951 bits per heavy atom. The van der Waals surface area contributed by atoms with Crippen LogP contribution in [0.15, 0.2) is 83.8 Å². The molecular weight excluding hydrogens is 545 g/mol. The summed E-state index contributed by atoms with van der Waals surface area (Å²) in [5.41, 5.74) is 0.792. The van der Waals surface area contributed by atoms with Crippen LogP contribution < -0.4 is 14.4 Å². The van der Waals surface area contributed by atoms with Crippen LogP contribution in [0.3, 0.4) is 0 Å². The Morgan fingerprint density at radius 3 is 2.24 bits per heavy atom. The van der Waals surface area contributed by atoms with Crippen LogP contribution in [0.1, 0.15) is 44.6 Å². The van der Waals surface area contributed by atoms with Gasteiger partial charge < -0.3 is 15.0 Å². The zero-order chi connectivity index (χ0) is 29.4. The Kier molecular flexibility index (Phi) is 9.99. The highest BCUT2D eigenvalue weighted by atomic mass is 32.2. The number of para-hydroxylation sites is 2. The first-order chi connectivity index (χ1) is 19.7. The van der Waals surface area contributed by atoms with Gasteiger partial charge in [-0.15, -0.1) is 0 Å². The number of ether oxygens (including phenoxy) is 1. The molecule has 1 aliphatic rings. The van der Waals surface area contributed by atoms with E-state index in [0.29, 0.717) is 5.56 Å². The minimum absolute atomic E-state index is 0.00637. The van der Waals surface area contributed by atoms with E-state index in [1.54, 1.807) is 61.5 Å². The van der Waals surface area contributed by atoms with Gasteiger partial charge in [0.1, 0.15) is 24.2 Å². The van der Waals surface area contributed by atoms with Gasteiger partial charge in [0, 0.05) is 12.6 Å². The van der Waals surface area contributed by atoms with Gasteiger partial charge in [0.15, 0.2) is 0 Å². The van der Waals surface area contributed by atoms with E-state index < -0.39 is 34.3 Å². The van der Waals surface area contributed by atoms with Crippen molar-refractivity contribution in [3.63, 3.8) is 0 Å². The number of carbonyl (C=O) groups excluding carboxylic acids is 2. The minimum atomic E-state index is -4.21. The van der Waals surface area contributed by atoms with Gasteiger partial charge in [-0.3, -0.25) is 13.9 Å². The number of halogens is 1. The summed E-state index contributed by atoms with van der Waals surface area (Å²) in [5.74, 6) is -1.06. The molecule has 0 aliphatic heterocycles. The van der Waals surface area contributed by atoms with Crippen LogP contribution in [0.2, 0.25) is 0 Å². The van der Waals surface area contributed by atoms with Crippen LogP contribution in [0.25, 0.3) is 0 Å². The van der Waals surface area contributed by atoms with Crippen molar-refractivity contribution in [2.75, 3.05) is 18.0 Å². The zero-order valence-electron chi connectivity index (χ0n) is 23.3. The Labute approximate surface area is 241 Å². The lowest BCUT2D eigenvalue weighted by Gasteiger charge is -2.33. The summed E-state index contributed by atoms with van der Waals surface area (Å²) in [4.78, 5) is 28.7. The number of rotatable bonds is 11. The third-order valence-corrected chi connectivity index (χ3v) is 9.12. The maximum atomic E-state index is 14.0. The zero-order valence-corrected chi connectivity index (χ0v) is 24.1. The van der Waals surface area contributed by atoms with E-state index in [9.17, 15) is 22.4 Å². The van der Waals surface area contributed by atoms with Gasteiger partial charge in [0.2, 0.25) is 11.8 Å². The average Bonchev–Trinajstić information content (AvgIpc) is 3.00. The summed E-state index contributed by atoms with van der Waals surface area (Å²) in [6.45, 7) is 1.03. The lowest BCUT2D eigenvalue weighted by Crippen LogP contribution is -2.53. The quantitative estimate of drug-likeness (QED) is 0.348. The molecule has 0 aromatic heterocycles. The highest BCUT2D eigenvalue weighted by Crippen LogP contribution is 2.32. The second kappa shape index (κ2) is 13.6. The number of hydrogen-bond donors (Lipinski definition) is 1. The van der Waals surface area contributed by atoms with E-state index in [4.69, 9.17) is 4.74 Å². The van der Waals surface area contributed by atoms with Gasteiger partial charge in [-0.25, -0.2) is 12.8 Å². The molecule has 0 bridgehead atoms. The summed E-state index contributed by atoms with van der Waals surface area (Å²) in [7, 11) is -2.78. The molecular formula is C31H36FN3O5S. The van der Waals surface area contributed by atoms with Crippen molar-refractivity contribution in [1.82, 2.24) is 10.2 Å². The third-order valence-electron chi connectivity index (χ3n) is 7.35. The number of amides is 2. The molecule has 0 saturated heterocycles. The van der Waals surface area contributed by atoms with Crippen LogP contribution in [0, 0.1) is 5.82 Å². The second-order valence-electron chi connectivity index (χ2n) is 10.2. The highest BCUT2D eigenvalue weighted by molar-refractivity contribution is 7.92. The van der Waals surface area contributed by atoms with E-state index in [0.717, 1.165) is 36.4 Å². The molecule has 1 unspecified atom stereocenters. The number of methoxy groups -OCH3 is 1. The fourth-order valence-corrected chi connectivity index (χ4v) is 6.45. The van der Waals surface area contributed by atoms with Crippen molar-refractivity contribution >= 4 is 27.5 Å². The molecule has 1 atom stereocenters. The lowest BCUT2D eigenvalue weighted by molar-refractivity contribution is -0.139. The maximum absolute atomic E-state index is 14.0. The van der Waals surface area contributed by atoms with Gasteiger partial charge in [0.05, 0.1) is 17.7 Å². The highest BCUT2D eigenvalue weighted by Gasteiger charge is 2.34. The lowest BCUT2D eigenvalue weighted by atomic mass is 9.95. The first-order valence-electron chi connectivity index (χ1n) is 13.8. The van der Waals surface area contributed by atoms with Crippen LogP contribution in [-0.4, -0.2) is 50.9 Å². The van der Waals surface area contributed by atoms with Crippen molar-refractivity contribution < 1.29 is 27.1 Å². The molecule has 218 valence electrons. The maximum Gasteiger partial charge on any atom is 0.264 e. The van der Waals surface area contributed by atoms with E-state index in [-0.39, 0.29) is 34.8 Å². The second-order valence-corrected chi connectivity index (χ2v) is 12.0.